The van der Waals surface area contributed by atoms with Gasteiger partial charge in [-0.25, -0.2) is 4.39 Å². The molecule has 0 saturated heterocycles. The predicted octanol–water partition coefficient (Wildman–Crippen LogP) is 2.57. The second-order valence-electron chi connectivity index (χ2n) is 5.86. The summed E-state index contributed by atoms with van der Waals surface area (Å²) in [7, 11) is 2.01. The van der Waals surface area contributed by atoms with Gasteiger partial charge in [0.1, 0.15) is 5.82 Å². The van der Waals surface area contributed by atoms with Crippen molar-refractivity contribution in [3.63, 3.8) is 0 Å². The Labute approximate surface area is 120 Å². The first kappa shape index (κ1) is 15.4. The fourth-order valence-electron chi connectivity index (χ4n) is 2.53. The van der Waals surface area contributed by atoms with Crippen molar-refractivity contribution in [3.8, 4) is 0 Å². The highest BCUT2D eigenvalue weighted by Crippen LogP contribution is 2.28. The third-order valence-electron chi connectivity index (χ3n) is 3.80. The van der Waals surface area contributed by atoms with Gasteiger partial charge >= 0.3 is 0 Å². The van der Waals surface area contributed by atoms with Gasteiger partial charge in [0.2, 0.25) is 0 Å². The first-order chi connectivity index (χ1) is 9.58. The monoisotopic (exact) mass is 280 g/mol. The third-order valence-corrected chi connectivity index (χ3v) is 3.80. The van der Waals surface area contributed by atoms with Crippen LogP contribution in [0.5, 0.6) is 0 Å². The van der Waals surface area contributed by atoms with Gasteiger partial charge in [-0.15, -0.1) is 0 Å². The van der Waals surface area contributed by atoms with Gasteiger partial charge in [0, 0.05) is 25.2 Å². The highest BCUT2D eigenvalue weighted by Gasteiger charge is 2.23. The van der Waals surface area contributed by atoms with Gasteiger partial charge in [0.05, 0.1) is 6.61 Å². The van der Waals surface area contributed by atoms with Crippen LogP contribution in [0.2, 0.25) is 0 Å². The molecule has 1 aliphatic carbocycles. The lowest BCUT2D eigenvalue weighted by Gasteiger charge is -2.31. The molecule has 2 atom stereocenters. The largest absolute Gasteiger partial charge is 0.380 e. The highest BCUT2D eigenvalue weighted by atomic mass is 19.1. The van der Waals surface area contributed by atoms with Crippen molar-refractivity contribution in [2.45, 2.75) is 31.8 Å². The Morgan fingerprint density at radius 3 is 2.80 bits per heavy atom. The SMILES string of the molecule is CC(N)C(c1cccc(F)c1)N(C)CCOCC1CC1. The average Bonchev–Trinajstić information content (AvgIpc) is 3.18. The van der Waals surface area contributed by atoms with Crippen LogP contribution in [0.4, 0.5) is 4.39 Å². The normalized spacial score (nSPS) is 18.2. The smallest absolute Gasteiger partial charge is 0.123 e. The summed E-state index contributed by atoms with van der Waals surface area (Å²) in [5.41, 5.74) is 7.00. The lowest BCUT2D eigenvalue weighted by molar-refractivity contribution is 0.0875. The van der Waals surface area contributed by atoms with Crippen LogP contribution in [0.3, 0.4) is 0 Å². The molecule has 2 N–H and O–H groups in total. The van der Waals surface area contributed by atoms with E-state index in [9.17, 15) is 4.39 Å². The zero-order valence-electron chi connectivity index (χ0n) is 12.4. The molecule has 0 aromatic heterocycles. The summed E-state index contributed by atoms with van der Waals surface area (Å²) < 4.78 is 19.0. The van der Waals surface area contributed by atoms with Gasteiger partial charge in [-0.3, -0.25) is 4.90 Å². The van der Waals surface area contributed by atoms with Crippen LogP contribution in [0.25, 0.3) is 0 Å². The summed E-state index contributed by atoms with van der Waals surface area (Å²) >= 11 is 0. The molecule has 0 heterocycles. The van der Waals surface area contributed by atoms with Crippen molar-refractivity contribution in [3.05, 3.63) is 35.6 Å². The van der Waals surface area contributed by atoms with Gasteiger partial charge in [-0.1, -0.05) is 12.1 Å². The Hall–Kier alpha value is -0.970. The number of halogens is 1. The van der Waals surface area contributed by atoms with Gasteiger partial charge in [0.15, 0.2) is 0 Å². The van der Waals surface area contributed by atoms with Crippen molar-refractivity contribution >= 4 is 0 Å². The second-order valence-corrected chi connectivity index (χ2v) is 5.86. The molecule has 0 spiro atoms. The first-order valence-corrected chi connectivity index (χ1v) is 7.37. The Morgan fingerprint density at radius 2 is 2.20 bits per heavy atom. The highest BCUT2D eigenvalue weighted by molar-refractivity contribution is 5.21. The molecule has 1 aromatic rings. The molecular weight excluding hydrogens is 255 g/mol. The molecule has 20 heavy (non-hydrogen) atoms. The van der Waals surface area contributed by atoms with Crippen molar-refractivity contribution in [2.24, 2.45) is 11.7 Å². The minimum Gasteiger partial charge on any atom is -0.380 e. The molecule has 112 valence electrons. The minimum absolute atomic E-state index is 0.00947. The summed E-state index contributed by atoms with van der Waals surface area (Å²) in [4.78, 5) is 2.15. The van der Waals surface area contributed by atoms with E-state index in [1.807, 2.05) is 20.0 Å². The van der Waals surface area contributed by atoms with Crippen molar-refractivity contribution in [1.29, 1.82) is 0 Å². The second kappa shape index (κ2) is 7.16. The molecule has 0 amide bonds. The van der Waals surface area contributed by atoms with Crippen LogP contribution < -0.4 is 5.73 Å². The van der Waals surface area contributed by atoms with Crippen LogP contribution in [-0.4, -0.2) is 37.7 Å². The molecule has 1 aliphatic rings. The predicted molar refractivity (Wildman–Crippen MR) is 79.0 cm³/mol. The van der Waals surface area contributed by atoms with E-state index in [2.05, 4.69) is 4.90 Å². The minimum atomic E-state index is -0.216. The summed E-state index contributed by atoms with van der Waals surface area (Å²) in [5, 5.41) is 0. The number of nitrogens with zero attached hydrogens (tertiary/aromatic N) is 1. The van der Waals surface area contributed by atoms with E-state index in [0.29, 0.717) is 6.61 Å². The van der Waals surface area contributed by atoms with E-state index in [4.69, 9.17) is 10.5 Å². The maximum absolute atomic E-state index is 13.4. The van der Waals surface area contributed by atoms with E-state index >= 15 is 0 Å². The lowest BCUT2D eigenvalue weighted by atomic mass is 9.99. The fraction of sp³-hybridized carbons (Fsp3) is 0.625. The molecule has 1 saturated carbocycles. The number of nitrogens with two attached hydrogens (primary N) is 1. The van der Waals surface area contributed by atoms with E-state index in [1.165, 1.54) is 18.9 Å². The van der Waals surface area contributed by atoms with Crippen molar-refractivity contribution < 1.29 is 9.13 Å². The van der Waals surface area contributed by atoms with E-state index in [0.717, 1.165) is 24.6 Å². The van der Waals surface area contributed by atoms with Crippen molar-refractivity contribution in [1.82, 2.24) is 4.90 Å². The molecule has 1 fully saturated rings. The van der Waals surface area contributed by atoms with Gasteiger partial charge in [-0.05, 0) is 50.4 Å². The van der Waals surface area contributed by atoms with Gasteiger partial charge in [-0.2, -0.15) is 0 Å². The molecule has 0 aliphatic heterocycles. The molecule has 3 nitrogen and oxygen atoms in total. The summed E-state index contributed by atoms with van der Waals surface area (Å²) in [5.74, 6) is 0.569. The topological polar surface area (TPSA) is 38.5 Å². The van der Waals surface area contributed by atoms with E-state index < -0.39 is 0 Å². The lowest BCUT2D eigenvalue weighted by Crippen LogP contribution is -2.39. The number of likely N-dealkylation sites (N-methyl/N-ethyl adjacent to an activating group) is 1. The zero-order valence-corrected chi connectivity index (χ0v) is 12.4. The fourth-order valence-corrected chi connectivity index (χ4v) is 2.53. The maximum Gasteiger partial charge on any atom is 0.123 e. The van der Waals surface area contributed by atoms with Crippen LogP contribution in [0.1, 0.15) is 31.4 Å². The van der Waals surface area contributed by atoms with Crippen LogP contribution >= 0.6 is 0 Å². The van der Waals surface area contributed by atoms with E-state index in [-0.39, 0.29) is 17.9 Å². The Balaban J connectivity index is 1.89. The van der Waals surface area contributed by atoms with Gasteiger partial charge < -0.3 is 10.5 Å². The maximum atomic E-state index is 13.4. The molecular formula is C16H25FN2O. The zero-order chi connectivity index (χ0) is 14.5. The van der Waals surface area contributed by atoms with Crippen LogP contribution in [0.15, 0.2) is 24.3 Å². The molecule has 4 heteroatoms. The molecule has 2 unspecified atom stereocenters. The Bertz CT molecular complexity index is 421. The number of rotatable bonds is 8. The average molecular weight is 280 g/mol. The van der Waals surface area contributed by atoms with E-state index in [1.54, 1.807) is 12.1 Å². The molecule has 1 aromatic carbocycles. The number of ether oxygens (including phenoxy) is 1. The molecule has 0 bridgehead atoms. The summed E-state index contributed by atoms with van der Waals surface area (Å²) in [6.07, 6.45) is 2.61. The number of hydrogen-bond acceptors (Lipinski definition) is 3. The number of benzene rings is 1. The third kappa shape index (κ3) is 4.54. The van der Waals surface area contributed by atoms with Crippen LogP contribution in [-0.2, 0) is 4.74 Å². The molecule has 0 radical (unpaired) electrons. The van der Waals surface area contributed by atoms with Crippen molar-refractivity contribution in [2.75, 3.05) is 26.8 Å². The summed E-state index contributed by atoms with van der Waals surface area (Å²) in [6.45, 7) is 4.33. The summed E-state index contributed by atoms with van der Waals surface area (Å²) in [6, 6.07) is 6.63. The number of hydrogen-bond donors (Lipinski definition) is 1. The molecule has 2 rings (SSSR count). The Kier molecular flexibility index (Phi) is 5.52. The first-order valence-electron chi connectivity index (χ1n) is 7.37. The Morgan fingerprint density at radius 1 is 1.45 bits per heavy atom. The van der Waals surface area contributed by atoms with Crippen LogP contribution in [0, 0.1) is 11.7 Å². The van der Waals surface area contributed by atoms with Gasteiger partial charge in [0.25, 0.3) is 0 Å². The standard InChI is InChI=1S/C16H25FN2O/c1-12(18)16(14-4-3-5-15(17)10-14)19(2)8-9-20-11-13-6-7-13/h3-5,10,12-13,16H,6-9,11,18H2,1-2H3. The quantitative estimate of drug-likeness (QED) is 0.744.